The first-order valence-corrected chi connectivity index (χ1v) is 9.70. The number of nitrogens with zero attached hydrogens (tertiary/aromatic N) is 4. The molecule has 1 unspecified atom stereocenters. The van der Waals surface area contributed by atoms with Crippen LogP contribution < -0.4 is 15.2 Å². The molecule has 0 N–H and O–H groups in total. The number of morpholine rings is 1. The van der Waals surface area contributed by atoms with Gasteiger partial charge in [0.1, 0.15) is 17.7 Å². The Bertz CT molecular complexity index is 1170. The molecule has 0 amide bonds. The predicted octanol–water partition coefficient (Wildman–Crippen LogP) is 2.08. The minimum atomic E-state index is -0.856. The van der Waals surface area contributed by atoms with Crippen molar-refractivity contribution in [1.29, 1.82) is 0 Å². The molecule has 1 saturated heterocycles. The molecule has 1 fully saturated rings. The molecule has 4 rings (SSSR count). The molecular formula is C22H21FN4O4. The molecule has 0 saturated carbocycles. The molecule has 0 bridgehead atoms. The van der Waals surface area contributed by atoms with Crippen LogP contribution in [0.25, 0.3) is 11.3 Å². The molecule has 0 spiro atoms. The summed E-state index contributed by atoms with van der Waals surface area (Å²) in [5, 5.41) is 0. The van der Waals surface area contributed by atoms with Gasteiger partial charge in [0.25, 0.3) is 5.56 Å². The van der Waals surface area contributed by atoms with Crippen LogP contribution in [0, 0.1) is 5.82 Å². The Morgan fingerprint density at radius 2 is 2.00 bits per heavy atom. The molecule has 3 aromatic rings. The first-order valence-electron chi connectivity index (χ1n) is 9.70. The predicted molar refractivity (Wildman–Crippen MR) is 112 cm³/mol. The molecule has 0 radical (unpaired) electrons. The van der Waals surface area contributed by atoms with Crippen molar-refractivity contribution in [2.24, 2.45) is 7.05 Å². The van der Waals surface area contributed by atoms with E-state index in [1.165, 1.54) is 29.9 Å². The van der Waals surface area contributed by atoms with Crippen molar-refractivity contribution >= 4 is 11.7 Å². The number of Topliss-reactive ketones (excluding diaryl/α,β-unsaturated/α-hetero) is 1. The normalized spacial score (nSPS) is 16.2. The average Bonchev–Trinajstić information content (AvgIpc) is 2.81. The lowest BCUT2D eigenvalue weighted by Crippen LogP contribution is -2.48. The lowest BCUT2D eigenvalue weighted by Gasteiger charge is -2.33. The van der Waals surface area contributed by atoms with E-state index in [0.717, 1.165) is 11.6 Å². The summed E-state index contributed by atoms with van der Waals surface area (Å²) >= 11 is 0. The zero-order chi connectivity index (χ0) is 22.0. The highest BCUT2D eigenvalue weighted by molar-refractivity contribution is 6.02. The lowest BCUT2D eigenvalue weighted by molar-refractivity contribution is 0.0334. The Morgan fingerprint density at radius 3 is 2.74 bits per heavy atom. The molecular weight excluding hydrogens is 403 g/mol. The van der Waals surface area contributed by atoms with E-state index in [-0.39, 0.29) is 30.0 Å². The Labute approximate surface area is 177 Å². The summed E-state index contributed by atoms with van der Waals surface area (Å²) in [6.07, 6.45) is 2.40. The number of carbonyl (C=O) groups is 1. The van der Waals surface area contributed by atoms with Crippen molar-refractivity contribution in [2.45, 2.75) is 6.10 Å². The number of anilines is 1. The number of rotatable bonds is 5. The van der Waals surface area contributed by atoms with Crippen LogP contribution in [0.4, 0.5) is 10.3 Å². The van der Waals surface area contributed by atoms with Gasteiger partial charge in [-0.05, 0) is 30.3 Å². The largest absolute Gasteiger partial charge is 0.496 e. The van der Waals surface area contributed by atoms with E-state index in [1.54, 1.807) is 31.6 Å². The van der Waals surface area contributed by atoms with Gasteiger partial charge >= 0.3 is 0 Å². The monoisotopic (exact) mass is 424 g/mol. The number of benzene rings is 1. The molecule has 1 aromatic carbocycles. The van der Waals surface area contributed by atoms with Gasteiger partial charge in [0.2, 0.25) is 5.95 Å². The van der Waals surface area contributed by atoms with Crippen LogP contribution in [0.2, 0.25) is 0 Å². The summed E-state index contributed by atoms with van der Waals surface area (Å²) in [5.74, 6) is -0.230. The third-order valence-corrected chi connectivity index (χ3v) is 5.16. The number of ketones is 1. The standard InChI is InChI=1S/C22H21FN4O4/c1-26-20(28)12-17(14-5-7-24-8-6-14)25-22(26)27-9-10-31-19(13-27)21(29)16-11-15(23)3-4-18(16)30-2/h3-8,11-12,19H,9-10,13H2,1-2H3. The van der Waals surface area contributed by atoms with Crippen molar-refractivity contribution in [3.63, 3.8) is 0 Å². The maximum atomic E-state index is 13.7. The molecule has 31 heavy (non-hydrogen) atoms. The molecule has 160 valence electrons. The van der Waals surface area contributed by atoms with Gasteiger partial charge in [-0.15, -0.1) is 0 Å². The summed E-state index contributed by atoms with van der Waals surface area (Å²) in [6.45, 7) is 0.867. The molecule has 8 nitrogen and oxygen atoms in total. The zero-order valence-electron chi connectivity index (χ0n) is 17.1. The summed E-state index contributed by atoms with van der Waals surface area (Å²) in [6, 6.07) is 8.78. The molecule has 2 aromatic heterocycles. The quantitative estimate of drug-likeness (QED) is 0.580. The number of methoxy groups -OCH3 is 1. The van der Waals surface area contributed by atoms with Crippen molar-refractivity contribution < 1.29 is 18.7 Å². The maximum absolute atomic E-state index is 13.7. The number of ether oxygens (including phenoxy) is 2. The van der Waals surface area contributed by atoms with E-state index in [2.05, 4.69) is 9.97 Å². The molecule has 9 heteroatoms. The van der Waals surface area contributed by atoms with E-state index >= 15 is 0 Å². The van der Waals surface area contributed by atoms with E-state index < -0.39 is 17.7 Å². The van der Waals surface area contributed by atoms with Gasteiger partial charge < -0.3 is 14.4 Å². The highest BCUT2D eigenvalue weighted by Crippen LogP contribution is 2.25. The van der Waals surface area contributed by atoms with Crippen LogP contribution in [0.15, 0.2) is 53.6 Å². The third kappa shape index (κ3) is 4.17. The Kier molecular flexibility index (Phi) is 5.77. The minimum absolute atomic E-state index is 0.113. The highest BCUT2D eigenvalue weighted by atomic mass is 19.1. The van der Waals surface area contributed by atoms with Gasteiger partial charge in [-0.25, -0.2) is 9.37 Å². The number of pyridine rings is 1. The molecule has 0 aliphatic carbocycles. The Balaban J connectivity index is 1.65. The number of hydrogen-bond donors (Lipinski definition) is 0. The first-order chi connectivity index (χ1) is 15.0. The van der Waals surface area contributed by atoms with Crippen LogP contribution in [-0.4, -0.2) is 53.2 Å². The van der Waals surface area contributed by atoms with E-state index in [4.69, 9.17) is 9.47 Å². The second-order valence-corrected chi connectivity index (χ2v) is 7.09. The summed E-state index contributed by atoms with van der Waals surface area (Å²) < 4.78 is 26.1. The van der Waals surface area contributed by atoms with Gasteiger partial charge in [0, 0.05) is 37.6 Å². The summed E-state index contributed by atoms with van der Waals surface area (Å²) in [4.78, 5) is 36.1. The van der Waals surface area contributed by atoms with Crippen molar-refractivity contribution in [3.05, 3.63) is 70.5 Å². The van der Waals surface area contributed by atoms with E-state index in [1.807, 2.05) is 4.90 Å². The zero-order valence-corrected chi connectivity index (χ0v) is 17.1. The van der Waals surface area contributed by atoms with Gasteiger partial charge in [0.15, 0.2) is 5.78 Å². The van der Waals surface area contributed by atoms with Crippen LogP contribution in [-0.2, 0) is 11.8 Å². The summed E-state index contributed by atoms with van der Waals surface area (Å²) in [5.41, 5.74) is 1.17. The Morgan fingerprint density at radius 1 is 1.23 bits per heavy atom. The van der Waals surface area contributed by atoms with Crippen molar-refractivity contribution in [2.75, 3.05) is 31.7 Å². The first kappa shape index (κ1) is 20.7. The van der Waals surface area contributed by atoms with E-state index in [0.29, 0.717) is 18.2 Å². The van der Waals surface area contributed by atoms with E-state index in [9.17, 15) is 14.0 Å². The summed E-state index contributed by atoms with van der Waals surface area (Å²) in [7, 11) is 3.05. The maximum Gasteiger partial charge on any atom is 0.255 e. The molecule has 1 aliphatic rings. The minimum Gasteiger partial charge on any atom is -0.496 e. The number of carbonyl (C=O) groups excluding carboxylic acids is 1. The number of hydrogen-bond acceptors (Lipinski definition) is 7. The van der Waals surface area contributed by atoms with Gasteiger partial charge in [0.05, 0.1) is 31.5 Å². The van der Waals surface area contributed by atoms with Crippen LogP contribution in [0.3, 0.4) is 0 Å². The van der Waals surface area contributed by atoms with Crippen molar-refractivity contribution in [3.8, 4) is 17.0 Å². The highest BCUT2D eigenvalue weighted by Gasteiger charge is 2.31. The topological polar surface area (TPSA) is 86.5 Å². The van der Waals surface area contributed by atoms with Gasteiger partial charge in [-0.2, -0.15) is 0 Å². The smallest absolute Gasteiger partial charge is 0.255 e. The number of halogens is 1. The van der Waals surface area contributed by atoms with Crippen molar-refractivity contribution in [1.82, 2.24) is 14.5 Å². The molecule has 1 aliphatic heterocycles. The third-order valence-electron chi connectivity index (χ3n) is 5.16. The Hall–Kier alpha value is -3.59. The van der Waals surface area contributed by atoms with Crippen LogP contribution in [0.1, 0.15) is 10.4 Å². The fourth-order valence-electron chi connectivity index (χ4n) is 3.52. The second-order valence-electron chi connectivity index (χ2n) is 7.09. The van der Waals surface area contributed by atoms with Crippen LogP contribution >= 0.6 is 0 Å². The fraction of sp³-hybridized carbons (Fsp3) is 0.273. The second kappa shape index (κ2) is 8.65. The fourth-order valence-corrected chi connectivity index (χ4v) is 3.52. The average molecular weight is 424 g/mol. The van der Waals surface area contributed by atoms with Crippen LogP contribution in [0.5, 0.6) is 5.75 Å². The SMILES string of the molecule is COc1ccc(F)cc1C(=O)C1CN(c2nc(-c3ccncc3)cc(=O)n2C)CCO1. The molecule has 3 heterocycles. The van der Waals surface area contributed by atoms with Gasteiger partial charge in [-0.3, -0.25) is 19.1 Å². The molecule has 1 atom stereocenters. The number of aromatic nitrogens is 3. The van der Waals surface area contributed by atoms with Gasteiger partial charge in [-0.1, -0.05) is 0 Å². The lowest BCUT2D eigenvalue weighted by atomic mass is 10.0.